The third kappa shape index (κ3) is 0.881. The molecule has 1 aliphatic heterocycles. The molecule has 0 aliphatic carbocycles. The average molecular weight is 181 g/mol. The van der Waals surface area contributed by atoms with Crippen molar-refractivity contribution in [1.29, 1.82) is 0 Å². The van der Waals surface area contributed by atoms with E-state index in [9.17, 15) is 9.59 Å². The summed E-state index contributed by atoms with van der Waals surface area (Å²) in [7, 11) is 0. The third-order valence-electron chi connectivity index (χ3n) is 1.90. The minimum absolute atomic E-state index is 0.154. The molecule has 0 radical (unpaired) electrons. The van der Waals surface area contributed by atoms with Crippen molar-refractivity contribution < 1.29 is 9.59 Å². The molecule has 0 saturated carbocycles. The van der Waals surface area contributed by atoms with Gasteiger partial charge in [0.15, 0.2) is 0 Å². The van der Waals surface area contributed by atoms with E-state index >= 15 is 0 Å². The van der Waals surface area contributed by atoms with Crippen LogP contribution in [0.2, 0.25) is 0 Å². The van der Waals surface area contributed by atoms with E-state index in [-0.39, 0.29) is 11.8 Å². The van der Waals surface area contributed by atoms with Crippen molar-refractivity contribution in [2.75, 3.05) is 0 Å². The SMILES string of the molecule is CC(=O)N1Cc2sccc2C1=O. The first kappa shape index (κ1) is 7.49. The highest BCUT2D eigenvalue weighted by atomic mass is 32.1. The van der Waals surface area contributed by atoms with Crippen LogP contribution < -0.4 is 0 Å². The Labute approximate surface area is 73.6 Å². The fraction of sp³-hybridized carbons (Fsp3) is 0.250. The Morgan fingerprint density at radius 3 is 3.00 bits per heavy atom. The lowest BCUT2D eigenvalue weighted by atomic mass is 10.3. The third-order valence-corrected chi connectivity index (χ3v) is 2.81. The fourth-order valence-electron chi connectivity index (χ4n) is 1.27. The van der Waals surface area contributed by atoms with Gasteiger partial charge in [-0.25, -0.2) is 0 Å². The largest absolute Gasteiger partial charge is 0.275 e. The van der Waals surface area contributed by atoms with E-state index in [0.717, 1.165) is 4.88 Å². The number of thiophene rings is 1. The summed E-state index contributed by atoms with van der Waals surface area (Å²) in [5.74, 6) is -0.331. The summed E-state index contributed by atoms with van der Waals surface area (Å²) in [5, 5.41) is 1.88. The number of amides is 2. The molecule has 0 saturated heterocycles. The quantitative estimate of drug-likeness (QED) is 0.604. The Morgan fingerprint density at radius 1 is 1.67 bits per heavy atom. The second kappa shape index (κ2) is 2.42. The maximum atomic E-state index is 11.4. The lowest BCUT2D eigenvalue weighted by Crippen LogP contribution is -2.28. The van der Waals surface area contributed by atoms with E-state index < -0.39 is 0 Å². The van der Waals surface area contributed by atoms with E-state index in [1.54, 1.807) is 6.07 Å². The van der Waals surface area contributed by atoms with Gasteiger partial charge in [-0.2, -0.15) is 0 Å². The molecule has 2 rings (SSSR count). The van der Waals surface area contributed by atoms with Crippen molar-refractivity contribution in [3.05, 3.63) is 21.9 Å². The maximum absolute atomic E-state index is 11.4. The van der Waals surface area contributed by atoms with Gasteiger partial charge in [-0.15, -0.1) is 11.3 Å². The molecule has 0 atom stereocenters. The van der Waals surface area contributed by atoms with Gasteiger partial charge in [-0.3, -0.25) is 14.5 Å². The van der Waals surface area contributed by atoms with Crippen molar-refractivity contribution in [3.8, 4) is 0 Å². The highest BCUT2D eigenvalue weighted by Crippen LogP contribution is 2.27. The topological polar surface area (TPSA) is 37.4 Å². The van der Waals surface area contributed by atoms with Crippen LogP contribution >= 0.6 is 11.3 Å². The molecule has 1 aromatic heterocycles. The molecule has 0 unspecified atom stereocenters. The number of nitrogens with zero attached hydrogens (tertiary/aromatic N) is 1. The van der Waals surface area contributed by atoms with Crippen LogP contribution in [0.1, 0.15) is 22.2 Å². The number of carbonyl (C=O) groups excluding carboxylic acids is 2. The van der Waals surface area contributed by atoms with Crippen LogP contribution in [0.3, 0.4) is 0 Å². The van der Waals surface area contributed by atoms with Crippen molar-refractivity contribution in [2.24, 2.45) is 0 Å². The number of fused-ring (bicyclic) bond motifs is 1. The molecule has 1 aromatic rings. The first-order valence-electron chi connectivity index (χ1n) is 3.59. The lowest BCUT2D eigenvalue weighted by Gasteiger charge is -2.09. The van der Waals surface area contributed by atoms with Crippen LogP contribution in [0.15, 0.2) is 11.4 Å². The van der Waals surface area contributed by atoms with Gasteiger partial charge in [0.1, 0.15) is 0 Å². The Balaban J connectivity index is 2.39. The zero-order chi connectivity index (χ0) is 8.72. The average Bonchev–Trinajstić information content (AvgIpc) is 2.53. The van der Waals surface area contributed by atoms with Crippen molar-refractivity contribution in [2.45, 2.75) is 13.5 Å². The minimum atomic E-state index is -0.177. The summed E-state index contributed by atoms with van der Waals surface area (Å²) in [5.41, 5.74) is 0.690. The van der Waals surface area contributed by atoms with E-state index in [1.165, 1.54) is 23.2 Å². The van der Waals surface area contributed by atoms with Gasteiger partial charge in [-0.05, 0) is 11.4 Å². The number of imide groups is 1. The molecule has 12 heavy (non-hydrogen) atoms. The molecule has 3 nitrogen and oxygen atoms in total. The van der Waals surface area contributed by atoms with Crippen LogP contribution in [-0.2, 0) is 11.3 Å². The van der Waals surface area contributed by atoms with E-state index in [2.05, 4.69) is 0 Å². The highest BCUT2D eigenvalue weighted by molar-refractivity contribution is 7.10. The number of hydrogen-bond donors (Lipinski definition) is 0. The first-order valence-corrected chi connectivity index (χ1v) is 4.47. The van der Waals surface area contributed by atoms with Gasteiger partial charge < -0.3 is 0 Å². The molecular formula is C8H7NO2S. The van der Waals surface area contributed by atoms with Gasteiger partial charge in [0.25, 0.3) is 5.91 Å². The smallest absolute Gasteiger partial charge is 0.261 e. The second-order valence-corrected chi connectivity index (χ2v) is 3.67. The van der Waals surface area contributed by atoms with Crippen molar-refractivity contribution in [3.63, 3.8) is 0 Å². The van der Waals surface area contributed by atoms with Gasteiger partial charge in [0.2, 0.25) is 5.91 Å². The molecule has 0 N–H and O–H groups in total. The van der Waals surface area contributed by atoms with E-state index in [4.69, 9.17) is 0 Å². The van der Waals surface area contributed by atoms with Crippen LogP contribution in [0.4, 0.5) is 0 Å². The predicted molar refractivity (Wildman–Crippen MR) is 44.9 cm³/mol. The molecule has 2 amide bonds. The van der Waals surface area contributed by atoms with Crippen molar-refractivity contribution in [1.82, 2.24) is 4.90 Å². The summed E-state index contributed by atoms with van der Waals surface area (Å²) in [4.78, 5) is 24.6. The Morgan fingerprint density at radius 2 is 2.42 bits per heavy atom. The summed E-state index contributed by atoms with van der Waals surface area (Å²) in [6, 6.07) is 1.77. The Bertz CT molecular complexity index is 356. The molecule has 1 aliphatic rings. The van der Waals surface area contributed by atoms with Crippen LogP contribution in [0, 0.1) is 0 Å². The van der Waals surface area contributed by atoms with E-state index in [0.29, 0.717) is 12.1 Å². The van der Waals surface area contributed by atoms with Gasteiger partial charge in [0, 0.05) is 11.8 Å². The zero-order valence-corrected chi connectivity index (χ0v) is 7.35. The fourth-order valence-corrected chi connectivity index (χ4v) is 2.12. The van der Waals surface area contributed by atoms with Crippen LogP contribution in [-0.4, -0.2) is 16.7 Å². The summed E-state index contributed by atoms with van der Waals surface area (Å²) < 4.78 is 0. The summed E-state index contributed by atoms with van der Waals surface area (Å²) in [6.45, 7) is 1.87. The maximum Gasteiger partial charge on any atom is 0.261 e. The molecular weight excluding hydrogens is 174 g/mol. The number of hydrogen-bond acceptors (Lipinski definition) is 3. The predicted octanol–water partition coefficient (Wildman–Crippen LogP) is 1.25. The standard InChI is InChI=1S/C8H7NO2S/c1-5(10)9-4-7-6(8(9)11)2-3-12-7/h2-3H,4H2,1H3. The van der Waals surface area contributed by atoms with Gasteiger partial charge >= 0.3 is 0 Å². The van der Waals surface area contributed by atoms with Crippen LogP contribution in [0.5, 0.6) is 0 Å². The molecule has 0 fully saturated rings. The normalized spacial score (nSPS) is 15.1. The second-order valence-electron chi connectivity index (χ2n) is 2.67. The van der Waals surface area contributed by atoms with Gasteiger partial charge in [-0.1, -0.05) is 0 Å². The highest BCUT2D eigenvalue weighted by Gasteiger charge is 2.30. The Kier molecular flexibility index (Phi) is 1.51. The van der Waals surface area contributed by atoms with Crippen LogP contribution in [0.25, 0.3) is 0 Å². The summed E-state index contributed by atoms with van der Waals surface area (Å²) in [6.07, 6.45) is 0. The number of carbonyl (C=O) groups is 2. The number of rotatable bonds is 0. The van der Waals surface area contributed by atoms with Crippen molar-refractivity contribution >= 4 is 23.2 Å². The molecule has 0 spiro atoms. The molecule has 2 heterocycles. The molecule has 0 bridgehead atoms. The first-order chi connectivity index (χ1) is 5.70. The molecule has 4 heteroatoms. The summed E-state index contributed by atoms with van der Waals surface area (Å²) >= 11 is 1.52. The minimum Gasteiger partial charge on any atom is -0.275 e. The van der Waals surface area contributed by atoms with Gasteiger partial charge in [0.05, 0.1) is 12.1 Å². The molecule has 62 valence electrons. The molecule has 0 aromatic carbocycles. The lowest BCUT2D eigenvalue weighted by molar-refractivity contribution is -0.126. The zero-order valence-electron chi connectivity index (χ0n) is 6.53. The van der Waals surface area contributed by atoms with E-state index in [1.807, 2.05) is 5.38 Å². The Hall–Kier alpha value is -1.16. The monoisotopic (exact) mass is 181 g/mol.